The molecule has 0 radical (unpaired) electrons. The summed E-state index contributed by atoms with van der Waals surface area (Å²) in [7, 11) is 0. The van der Waals surface area contributed by atoms with E-state index >= 15 is 0 Å². The van der Waals surface area contributed by atoms with Crippen molar-refractivity contribution >= 4 is 11.9 Å². The molecule has 1 heterocycles. The number of amides is 1. The van der Waals surface area contributed by atoms with Gasteiger partial charge in [-0.15, -0.1) is 0 Å². The standard InChI is InChI=1S/C16H29NO4/c1-3-5-7-13(4-2)12-21-9-6-8-17-11-14(16(19)20)10-15(17)18/h13-14H,3-12H2,1-2H3,(H,19,20). The molecule has 1 rings (SSSR count). The molecule has 5 nitrogen and oxygen atoms in total. The van der Waals surface area contributed by atoms with E-state index < -0.39 is 11.9 Å². The molecule has 2 unspecified atom stereocenters. The fraction of sp³-hybridized carbons (Fsp3) is 0.875. The molecular formula is C16H29NO4. The highest BCUT2D eigenvalue weighted by molar-refractivity contribution is 5.86. The Bertz CT molecular complexity index is 332. The minimum atomic E-state index is -0.871. The molecule has 0 aromatic rings. The zero-order chi connectivity index (χ0) is 15.7. The van der Waals surface area contributed by atoms with Gasteiger partial charge in [0.1, 0.15) is 0 Å². The summed E-state index contributed by atoms with van der Waals surface area (Å²) in [6.45, 7) is 6.78. The zero-order valence-corrected chi connectivity index (χ0v) is 13.3. The van der Waals surface area contributed by atoms with Crippen molar-refractivity contribution in [1.29, 1.82) is 0 Å². The van der Waals surface area contributed by atoms with Crippen LogP contribution in [-0.2, 0) is 14.3 Å². The third kappa shape index (κ3) is 6.46. The monoisotopic (exact) mass is 299 g/mol. The Morgan fingerprint density at radius 2 is 2.19 bits per heavy atom. The van der Waals surface area contributed by atoms with Gasteiger partial charge >= 0.3 is 5.97 Å². The quantitative estimate of drug-likeness (QED) is 0.595. The lowest BCUT2D eigenvalue weighted by molar-refractivity contribution is -0.141. The predicted octanol–water partition coefficient (Wildman–Crippen LogP) is 2.54. The summed E-state index contributed by atoms with van der Waals surface area (Å²) < 4.78 is 5.70. The molecule has 5 heteroatoms. The first-order valence-corrected chi connectivity index (χ1v) is 8.16. The molecular weight excluding hydrogens is 270 g/mol. The molecule has 1 aliphatic heterocycles. The van der Waals surface area contributed by atoms with E-state index in [0.717, 1.165) is 19.4 Å². The summed E-state index contributed by atoms with van der Waals surface area (Å²) in [5.74, 6) is -0.813. The van der Waals surface area contributed by atoms with Gasteiger partial charge in [-0.2, -0.15) is 0 Å². The summed E-state index contributed by atoms with van der Waals surface area (Å²) >= 11 is 0. The number of aliphatic carboxylic acids is 1. The average molecular weight is 299 g/mol. The maximum absolute atomic E-state index is 11.6. The molecule has 0 aromatic heterocycles. The normalized spacial score (nSPS) is 20.0. The Kier molecular flexibility index (Phi) is 8.35. The van der Waals surface area contributed by atoms with Gasteiger partial charge in [0.25, 0.3) is 0 Å². The molecule has 1 aliphatic rings. The number of carboxylic acid groups (broad SMARTS) is 1. The van der Waals surface area contributed by atoms with Crippen molar-refractivity contribution in [1.82, 2.24) is 4.90 Å². The van der Waals surface area contributed by atoms with Crippen molar-refractivity contribution in [2.24, 2.45) is 11.8 Å². The number of unbranched alkanes of at least 4 members (excludes halogenated alkanes) is 1. The molecule has 0 bridgehead atoms. The number of carbonyl (C=O) groups excluding carboxylic acids is 1. The molecule has 2 atom stereocenters. The number of hydrogen-bond acceptors (Lipinski definition) is 3. The Hall–Kier alpha value is -1.10. The van der Waals surface area contributed by atoms with Crippen molar-refractivity contribution in [2.75, 3.05) is 26.3 Å². The summed E-state index contributed by atoms with van der Waals surface area (Å²) in [5.41, 5.74) is 0. The van der Waals surface area contributed by atoms with Gasteiger partial charge in [-0.05, 0) is 18.8 Å². The number of likely N-dealkylation sites (tertiary alicyclic amines) is 1. The van der Waals surface area contributed by atoms with Crippen molar-refractivity contribution in [3.8, 4) is 0 Å². The average Bonchev–Trinajstić information content (AvgIpc) is 2.83. The van der Waals surface area contributed by atoms with E-state index in [4.69, 9.17) is 9.84 Å². The lowest BCUT2D eigenvalue weighted by atomic mass is 10.0. The van der Waals surface area contributed by atoms with Gasteiger partial charge in [0.05, 0.1) is 5.92 Å². The van der Waals surface area contributed by atoms with Gasteiger partial charge < -0.3 is 14.7 Å². The Morgan fingerprint density at radius 3 is 2.76 bits per heavy atom. The highest BCUT2D eigenvalue weighted by Gasteiger charge is 2.33. The highest BCUT2D eigenvalue weighted by Crippen LogP contribution is 2.18. The smallest absolute Gasteiger partial charge is 0.308 e. The van der Waals surface area contributed by atoms with Crippen LogP contribution in [0.25, 0.3) is 0 Å². The molecule has 1 N–H and O–H groups in total. The molecule has 122 valence electrons. The van der Waals surface area contributed by atoms with Crippen LogP contribution in [-0.4, -0.2) is 48.2 Å². The summed E-state index contributed by atoms with van der Waals surface area (Å²) in [5, 5.41) is 8.91. The van der Waals surface area contributed by atoms with E-state index in [9.17, 15) is 9.59 Å². The predicted molar refractivity (Wildman–Crippen MR) is 81.1 cm³/mol. The second-order valence-corrected chi connectivity index (χ2v) is 5.92. The van der Waals surface area contributed by atoms with Gasteiger partial charge in [-0.25, -0.2) is 0 Å². The zero-order valence-electron chi connectivity index (χ0n) is 13.3. The van der Waals surface area contributed by atoms with Crippen LogP contribution in [0, 0.1) is 11.8 Å². The van der Waals surface area contributed by atoms with Gasteiger partial charge in [0.15, 0.2) is 0 Å². The number of carboxylic acids is 1. The lowest BCUT2D eigenvalue weighted by Gasteiger charge is -2.17. The Labute approximate surface area is 127 Å². The fourth-order valence-corrected chi connectivity index (χ4v) is 2.66. The number of hydrogen-bond donors (Lipinski definition) is 1. The summed E-state index contributed by atoms with van der Waals surface area (Å²) in [4.78, 5) is 24.2. The van der Waals surface area contributed by atoms with Crippen molar-refractivity contribution in [3.63, 3.8) is 0 Å². The molecule has 0 spiro atoms. The summed E-state index contributed by atoms with van der Waals surface area (Å²) in [6, 6.07) is 0. The third-order valence-corrected chi connectivity index (χ3v) is 4.18. The van der Waals surface area contributed by atoms with Crippen LogP contribution in [0.2, 0.25) is 0 Å². The summed E-state index contributed by atoms with van der Waals surface area (Å²) in [6.07, 6.45) is 5.76. The minimum Gasteiger partial charge on any atom is -0.481 e. The van der Waals surface area contributed by atoms with Gasteiger partial charge in [0.2, 0.25) is 5.91 Å². The van der Waals surface area contributed by atoms with Gasteiger partial charge in [-0.1, -0.05) is 33.1 Å². The lowest BCUT2D eigenvalue weighted by Crippen LogP contribution is -2.28. The Balaban J connectivity index is 2.11. The molecule has 0 aromatic carbocycles. The first-order valence-electron chi connectivity index (χ1n) is 8.16. The van der Waals surface area contributed by atoms with Crippen LogP contribution < -0.4 is 0 Å². The largest absolute Gasteiger partial charge is 0.481 e. The fourth-order valence-electron chi connectivity index (χ4n) is 2.66. The van der Waals surface area contributed by atoms with Crippen LogP contribution in [0.4, 0.5) is 0 Å². The van der Waals surface area contributed by atoms with E-state index in [1.165, 1.54) is 19.3 Å². The van der Waals surface area contributed by atoms with E-state index in [2.05, 4.69) is 13.8 Å². The van der Waals surface area contributed by atoms with Crippen LogP contribution >= 0.6 is 0 Å². The first kappa shape index (κ1) is 18.0. The molecule has 1 fully saturated rings. The molecule has 21 heavy (non-hydrogen) atoms. The molecule has 0 aliphatic carbocycles. The topological polar surface area (TPSA) is 66.8 Å². The third-order valence-electron chi connectivity index (χ3n) is 4.18. The highest BCUT2D eigenvalue weighted by atomic mass is 16.5. The second kappa shape index (κ2) is 9.77. The van der Waals surface area contributed by atoms with Crippen LogP contribution in [0.5, 0.6) is 0 Å². The number of rotatable bonds is 11. The van der Waals surface area contributed by atoms with E-state index in [1.54, 1.807) is 4.90 Å². The minimum absolute atomic E-state index is 0.0446. The molecule has 1 saturated heterocycles. The van der Waals surface area contributed by atoms with Crippen LogP contribution in [0.15, 0.2) is 0 Å². The second-order valence-electron chi connectivity index (χ2n) is 5.92. The van der Waals surface area contributed by atoms with Gasteiger partial charge in [0, 0.05) is 32.7 Å². The van der Waals surface area contributed by atoms with E-state index in [-0.39, 0.29) is 12.3 Å². The van der Waals surface area contributed by atoms with Crippen LogP contribution in [0.3, 0.4) is 0 Å². The number of carbonyl (C=O) groups is 2. The van der Waals surface area contributed by atoms with Crippen molar-refractivity contribution < 1.29 is 19.4 Å². The maximum atomic E-state index is 11.6. The van der Waals surface area contributed by atoms with Crippen molar-refractivity contribution in [2.45, 2.75) is 52.4 Å². The van der Waals surface area contributed by atoms with E-state index in [1.807, 2.05) is 0 Å². The Morgan fingerprint density at radius 1 is 1.43 bits per heavy atom. The maximum Gasteiger partial charge on any atom is 0.308 e. The van der Waals surface area contributed by atoms with E-state index in [0.29, 0.717) is 25.6 Å². The van der Waals surface area contributed by atoms with Crippen molar-refractivity contribution in [3.05, 3.63) is 0 Å². The first-order chi connectivity index (χ1) is 10.1. The number of nitrogens with zero attached hydrogens (tertiary/aromatic N) is 1. The SMILES string of the molecule is CCCCC(CC)COCCCN1CC(C(=O)O)CC1=O. The van der Waals surface area contributed by atoms with Crippen LogP contribution in [0.1, 0.15) is 52.4 Å². The number of ether oxygens (including phenoxy) is 1. The molecule has 0 saturated carbocycles. The molecule has 1 amide bonds. The van der Waals surface area contributed by atoms with Gasteiger partial charge in [-0.3, -0.25) is 9.59 Å².